The molecule has 0 aliphatic heterocycles. The van der Waals surface area contributed by atoms with Crippen LogP contribution in [-0.2, 0) is 10.2 Å². The highest BCUT2D eigenvalue weighted by atomic mass is 16.1. The molecule has 1 fully saturated rings. The van der Waals surface area contributed by atoms with E-state index in [-0.39, 0.29) is 29.3 Å². The molecule has 0 N–H and O–H groups in total. The van der Waals surface area contributed by atoms with Gasteiger partial charge in [-0.05, 0) is 42.4 Å². The van der Waals surface area contributed by atoms with E-state index in [1.165, 1.54) is 0 Å². The van der Waals surface area contributed by atoms with Crippen LogP contribution in [0.4, 0.5) is 0 Å². The van der Waals surface area contributed by atoms with Crippen LogP contribution in [0.2, 0.25) is 0 Å². The Kier molecular flexibility index (Phi) is 3.62. The maximum atomic E-state index is 12.3. The molecule has 0 bridgehead atoms. The Bertz CT molecular complexity index is 517. The second-order valence-corrected chi connectivity index (χ2v) is 6.62. The van der Waals surface area contributed by atoms with Crippen molar-refractivity contribution >= 4 is 11.6 Å². The largest absolute Gasteiger partial charge is 0.299 e. The standard InChI is InChI=1S/C17H22O2/c1-11-5-8-13(17(2,3)4)9-14(11)16(19)10-15(18)12-6-7-12/h5,8-9,12H,6-7,10H2,1-4H3. The van der Waals surface area contributed by atoms with Crippen LogP contribution in [0, 0.1) is 12.8 Å². The van der Waals surface area contributed by atoms with Crippen LogP contribution in [0.3, 0.4) is 0 Å². The first-order chi connectivity index (χ1) is 8.79. The van der Waals surface area contributed by atoms with E-state index in [0.717, 1.165) is 24.0 Å². The molecule has 2 rings (SSSR count). The van der Waals surface area contributed by atoms with Gasteiger partial charge in [0.25, 0.3) is 0 Å². The highest BCUT2D eigenvalue weighted by molar-refractivity contribution is 6.09. The first-order valence-corrected chi connectivity index (χ1v) is 6.96. The SMILES string of the molecule is Cc1ccc(C(C)(C)C)cc1C(=O)CC(=O)C1CC1. The summed E-state index contributed by atoms with van der Waals surface area (Å²) in [6.45, 7) is 8.31. The maximum absolute atomic E-state index is 12.3. The predicted octanol–water partition coefficient (Wildman–Crippen LogP) is 3.84. The molecule has 0 amide bonds. The van der Waals surface area contributed by atoms with Gasteiger partial charge in [0.1, 0.15) is 5.78 Å². The Balaban J connectivity index is 2.22. The molecule has 0 atom stereocenters. The average Bonchev–Trinajstić information content (AvgIpc) is 3.11. The lowest BCUT2D eigenvalue weighted by Crippen LogP contribution is -2.15. The van der Waals surface area contributed by atoms with Crippen LogP contribution in [0.25, 0.3) is 0 Å². The molecule has 0 unspecified atom stereocenters. The molecule has 2 nitrogen and oxygen atoms in total. The molecule has 2 heteroatoms. The minimum atomic E-state index is -0.0273. The van der Waals surface area contributed by atoms with Crippen molar-refractivity contribution < 1.29 is 9.59 Å². The first-order valence-electron chi connectivity index (χ1n) is 6.96. The fourth-order valence-corrected chi connectivity index (χ4v) is 2.19. The fraction of sp³-hybridized carbons (Fsp3) is 0.529. The van der Waals surface area contributed by atoms with E-state index in [2.05, 4.69) is 26.8 Å². The summed E-state index contributed by atoms with van der Waals surface area (Å²) >= 11 is 0. The molecule has 0 radical (unpaired) electrons. The molecule has 1 aliphatic rings. The van der Waals surface area contributed by atoms with Gasteiger partial charge in [-0.25, -0.2) is 0 Å². The van der Waals surface area contributed by atoms with E-state index in [4.69, 9.17) is 0 Å². The number of carbonyl (C=O) groups is 2. The lowest BCUT2D eigenvalue weighted by atomic mass is 9.84. The Morgan fingerprint density at radius 2 is 1.84 bits per heavy atom. The summed E-state index contributed by atoms with van der Waals surface area (Å²) in [5, 5.41) is 0. The van der Waals surface area contributed by atoms with Gasteiger partial charge in [-0.2, -0.15) is 0 Å². The van der Waals surface area contributed by atoms with E-state index in [9.17, 15) is 9.59 Å². The number of hydrogen-bond donors (Lipinski definition) is 0. The van der Waals surface area contributed by atoms with Crippen LogP contribution in [-0.4, -0.2) is 11.6 Å². The zero-order valence-corrected chi connectivity index (χ0v) is 12.2. The Morgan fingerprint density at radius 3 is 2.37 bits per heavy atom. The van der Waals surface area contributed by atoms with Crippen LogP contribution >= 0.6 is 0 Å². The van der Waals surface area contributed by atoms with Crippen molar-refractivity contribution in [2.45, 2.75) is 52.4 Å². The van der Waals surface area contributed by atoms with Gasteiger partial charge in [0.15, 0.2) is 5.78 Å². The molecule has 1 saturated carbocycles. The van der Waals surface area contributed by atoms with E-state index in [1.54, 1.807) is 0 Å². The third kappa shape index (κ3) is 3.31. The van der Waals surface area contributed by atoms with Crippen molar-refractivity contribution in [2.24, 2.45) is 5.92 Å². The molecule has 0 saturated heterocycles. The van der Waals surface area contributed by atoms with Gasteiger partial charge in [0.2, 0.25) is 0 Å². The van der Waals surface area contributed by atoms with Gasteiger partial charge in [-0.15, -0.1) is 0 Å². The number of rotatable bonds is 4. The lowest BCUT2D eigenvalue weighted by molar-refractivity contribution is -0.119. The molecular formula is C17H22O2. The zero-order chi connectivity index (χ0) is 14.2. The van der Waals surface area contributed by atoms with Gasteiger partial charge in [-0.1, -0.05) is 32.9 Å². The Hall–Kier alpha value is -1.44. The van der Waals surface area contributed by atoms with E-state index >= 15 is 0 Å². The van der Waals surface area contributed by atoms with Crippen molar-refractivity contribution in [1.29, 1.82) is 0 Å². The average molecular weight is 258 g/mol. The minimum absolute atomic E-state index is 0.0171. The third-order valence-corrected chi connectivity index (χ3v) is 3.77. The van der Waals surface area contributed by atoms with Crippen LogP contribution in [0.1, 0.15) is 61.5 Å². The maximum Gasteiger partial charge on any atom is 0.170 e. The van der Waals surface area contributed by atoms with Crippen molar-refractivity contribution in [3.05, 3.63) is 34.9 Å². The van der Waals surface area contributed by atoms with Crippen LogP contribution < -0.4 is 0 Å². The van der Waals surface area contributed by atoms with Gasteiger partial charge < -0.3 is 0 Å². The third-order valence-electron chi connectivity index (χ3n) is 3.77. The summed E-state index contributed by atoms with van der Waals surface area (Å²) in [6.07, 6.45) is 2.00. The highest BCUT2D eigenvalue weighted by Crippen LogP contribution is 2.32. The predicted molar refractivity (Wildman–Crippen MR) is 76.6 cm³/mol. The molecule has 1 aromatic carbocycles. The molecule has 102 valence electrons. The quantitative estimate of drug-likeness (QED) is 0.607. The summed E-state index contributed by atoms with van der Waals surface area (Å²) in [7, 11) is 0. The van der Waals surface area contributed by atoms with E-state index in [0.29, 0.717) is 5.56 Å². The lowest BCUT2D eigenvalue weighted by Gasteiger charge is -2.20. The topological polar surface area (TPSA) is 34.1 Å². The summed E-state index contributed by atoms with van der Waals surface area (Å²) in [6, 6.07) is 6.00. The Morgan fingerprint density at radius 1 is 1.21 bits per heavy atom. The number of hydrogen-bond acceptors (Lipinski definition) is 2. The molecule has 19 heavy (non-hydrogen) atoms. The Labute approximate surface area is 115 Å². The molecule has 0 heterocycles. The normalized spacial score (nSPS) is 15.4. The molecule has 0 aromatic heterocycles. The summed E-state index contributed by atoms with van der Waals surface area (Å²) < 4.78 is 0. The van der Waals surface area contributed by atoms with Crippen LogP contribution in [0.5, 0.6) is 0 Å². The number of Topliss-reactive ketones (excluding diaryl/α,β-unsaturated/α-hetero) is 2. The smallest absolute Gasteiger partial charge is 0.170 e. The van der Waals surface area contributed by atoms with Crippen molar-refractivity contribution in [2.75, 3.05) is 0 Å². The second kappa shape index (κ2) is 4.92. The first kappa shape index (κ1) is 14.0. The van der Waals surface area contributed by atoms with Crippen LogP contribution in [0.15, 0.2) is 18.2 Å². The zero-order valence-electron chi connectivity index (χ0n) is 12.2. The summed E-state index contributed by atoms with van der Waals surface area (Å²) in [5.41, 5.74) is 2.83. The van der Waals surface area contributed by atoms with Crippen molar-refractivity contribution in [1.82, 2.24) is 0 Å². The van der Waals surface area contributed by atoms with Gasteiger partial charge >= 0.3 is 0 Å². The number of carbonyl (C=O) groups excluding carboxylic acids is 2. The van der Waals surface area contributed by atoms with Gasteiger partial charge in [0.05, 0.1) is 6.42 Å². The van der Waals surface area contributed by atoms with Gasteiger partial charge in [-0.3, -0.25) is 9.59 Å². The summed E-state index contributed by atoms with van der Waals surface area (Å²) in [5.74, 6) is 0.251. The number of aryl methyl sites for hydroxylation is 1. The van der Waals surface area contributed by atoms with Crippen molar-refractivity contribution in [3.63, 3.8) is 0 Å². The minimum Gasteiger partial charge on any atom is -0.299 e. The monoisotopic (exact) mass is 258 g/mol. The van der Waals surface area contributed by atoms with E-state index in [1.807, 2.05) is 19.1 Å². The number of ketones is 2. The fourth-order valence-electron chi connectivity index (χ4n) is 2.19. The molecule has 0 spiro atoms. The van der Waals surface area contributed by atoms with Gasteiger partial charge in [0, 0.05) is 11.5 Å². The number of benzene rings is 1. The molecule has 1 aromatic rings. The second-order valence-electron chi connectivity index (χ2n) is 6.62. The molecule has 1 aliphatic carbocycles. The molecular weight excluding hydrogens is 236 g/mol. The highest BCUT2D eigenvalue weighted by Gasteiger charge is 2.31. The van der Waals surface area contributed by atoms with E-state index < -0.39 is 0 Å². The summed E-state index contributed by atoms with van der Waals surface area (Å²) in [4.78, 5) is 24.0. The van der Waals surface area contributed by atoms with Crippen molar-refractivity contribution in [3.8, 4) is 0 Å².